The summed E-state index contributed by atoms with van der Waals surface area (Å²) in [7, 11) is 0. The van der Waals surface area contributed by atoms with Crippen molar-refractivity contribution in [3.8, 4) is 0 Å². The molecule has 0 bridgehead atoms. The van der Waals surface area contributed by atoms with Crippen LogP contribution in [0.2, 0.25) is 0 Å². The maximum atomic E-state index is 14.0. The van der Waals surface area contributed by atoms with Crippen molar-refractivity contribution in [2.45, 2.75) is 18.1 Å². The van der Waals surface area contributed by atoms with E-state index >= 15 is 0 Å². The lowest BCUT2D eigenvalue weighted by molar-refractivity contribution is -0.124. The molecule has 3 nitrogen and oxygen atoms in total. The number of aliphatic hydroxyl groups is 1. The first-order valence-corrected chi connectivity index (χ1v) is 7.54. The van der Waals surface area contributed by atoms with Crippen LogP contribution in [0.4, 0.5) is 4.39 Å². The van der Waals surface area contributed by atoms with Gasteiger partial charge in [0.15, 0.2) is 0 Å². The largest absolute Gasteiger partial charge is 0.382 e. The highest BCUT2D eigenvalue weighted by Gasteiger charge is 2.40. The van der Waals surface area contributed by atoms with Gasteiger partial charge >= 0.3 is 0 Å². The van der Waals surface area contributed by atoms with Gasteiger partial charge in [0.1, 0.15) is 17.5 Å². The molecule has 0 aromatic heterocycles. The van der Waals surface area contributed by atoms with Crippen molar-refractivity contribution < 1.29 is 14.2 Å². The lowest BCUT2D eigenvalue weighted by atomic mass is 9.82. The predicted octanol–water partition coefficient (Wildman–Crippen LogP) is 2.24. The summed E-state index contributed by atoms with van der Waals surface area (Å²) < 4.78 is 19.8. The van der Waals surface area contributed by atoms with E-state index in [9.17, 15) is 9.50 Å². The minimum atomic E-state index is -1.27. The van der Waals surface area contributed by atoms with Gasteiger partial charge in [-0.15, -0.1) is 0 Å². The van der Waals surface area contributed by atoms with Gasteiger partial charge in [0.2, 0.25) is 0 Å². The molecule has 1 heterocycles. The SMILES string of the molecule is OC(Cc1ccccc1F)(c1ccccc1)C1CNCCO1. The number of rotatable bonds is 4. The number of ether oxygens (including phenoxy) is 1. The molecule has 0 radical (unpaired) electrons. The van der Waals surface area contributed by atoms with Gasteiger partial charge in [0.25, 0.3) is 0 Å². The van der Waals surface area contributed by atoms with Crippen molar-refractivity contribution in [2.24, 2.45) is 0 Å². The Labute approximate surface area is 129 Å². The van der Waals surface area contributed by atoms with Crippen molar-refractivity contribution in [1.82, 2.24) is 5.32 Å². The third-order valence-electron chi connectivity index (χ3n) is 4.15. The summed E-state index contributed by atoms with van der Waals surface area (Å²) in [5, 5.41) is 14.6. The third kappa shape index (κ3) is 3.04. The van der Waals surface area contributed by atoms with Crippen LogP contribution in [-0.4, -0.2) is 30.9 Å². The molecule has 2 aromatic carbocycles. The summed E-state index contributed by atoms with van der Waals surface area (Å²) in [6.45, 7) is 1.85. The molecule has 1 fully saturated rings. The fourth-order valence-corrected chi connectivity index (χ4v) is 2.93. The first kappa shape index (κ1) is 15.2. The molecule has 0 aliphatic carbocycles. The van der Waals surface area contributed by atoms with Gasteiger partial charge in [-0.2, -0.15) is 0 Å². The Hall–Kier alpha value is -1.75. The molecule has 2 N–H and O–H groups in total. The van der Waals surface area contributed by atoms with Crippen LogP contribution in [0.5, 0.6) is 0 Å². The van der Waals surface area contributed by atoms with Crippen LogP contribution >= 0.6 is 0 Å². The quantitative estimate of drug-likeness (QED) is 0.910. The van der Waals surface area contributed by atoms with Crippen molar-refractivity contribution in [3.63, 3.8) is 0 Å². The molecular formula is C18H20FNO2. The van der Waals surface area contributed by atoms with E-state index in [0.717, 1.165) is 12.1 Å². The molecule has 4 heteroatoms. The van der Waals surface area contributed by atoms with Crippen molar-refractivity contribution >= 4 is 0 Å². The number of hydrogen-bond donors (Lipinski definition) is 2. The fraction of sp³-hybridized carbons (Fsp3) is 0.333. The van der Waals surface area contributed by atoms with E-state index in [1.165, 1.54) is 6.07 Å². The number of hydrogen-bond acceptors (Lipinski definition) is 3. The van der Waals surface area contributed by atoms with Crippen LogP contribution in [0, 0.1) is 5.82 Å². The lowest BCUT2D eigenvalue weighted by Crippen LogP contribution is -2.52. The monoisotopic (exact) mass is 301 g/mol. The minimum absolute atomic E-state index is 0.177. The average molecular weight is 301 g/mol. The van der Waals surface area contributed by atoms with Crippen LogP contribution < -0.4 is 5.32 Å². The normalized spacial score (nSPS) is 21.3. The summed E-state index contributed by atoms with van der Waals surface area (Å²) in [6, 6.07) is 15.9. The van der Waals surface area contributed by atoms with Gasteiger partial charge in [0.05, 0.1) is 6.61 Å². The molecule has 2 atom stereocenters. The number of nitrogens with one attached hydrogen (secondary N) is 1. The van der Waals surface area contributed by atoms with Gasteiger partial charge in [-0.1, -0.05) is 48.5 Å². The summed E-state index contributed by atoms with van der Waals surface area (Å²) in [6.07, 6.45) is -0.237. The molecule has 1 aliphatic heterocycles. The smallest absolute Gasteiger partial charge is 0.126 e. The summed E-state index contributed by atoms with van der Waals surface area (Å²) in [5.41, 5.74) is -0.0355. The Morgan fingerprint density at radius 1 is 1.14 bits per heavy atom. The van der Waals surface area contributed by atoms with Crippen LogP contribution in [-0.2, 0) is 16.8 Å². The second-order valence-electron chi connectivity index (χ2n) is 5.62. The van der Waals surface area contributed by atoms with Crippen LogP contribution in [0.3, 0.4) is 0 Å². The first-order valence-electron chi connectivity index (χ1n) is 7.54. The maximum Gasteiger partial charge on any atom is 0.126 e. The fourth-order valence-electron chi connectivity index (χ4n) is 2.93. The molecule has 2 unspecified atom stereocenters. The summed E-state index contributed by atoms with van der Waals surface area (Å²) in [4.78, 5) is 0. The van der Waals surface area contributed by atoms with Gasteiger partial charge in [0, 0.05) is 19.5 Å². The van der Waals surface area contributed by atoms with E-state index in [2.05, 4.69) is 5.32 Å². The van der Waals surface area contributed by atoms with E-state index in [1.54, 1.807) is 18.2 Å². The molecular weight excluding hydrogens is 281 g/mol. The Balaban J connectivity index is 1.97. The molecule has 1 saturated heterocycles. The van der Waals surface area contributed by atoms with Crippen LogP contribution in [0.1, 0.15) is 11.1 Å². The number of halogens is 1. The molecule has 0 amide bonds. The molecule has 1 aliphatic rings. The zero-order valence-electron chi connectivity index (χ0n) is 12.3. The maximum absolute atomic E-state index is 14.0. The van der Waals surface area contributed by atoms with E-state index in [0.29, 0.717) is 18.7 Å². The average Bonchev–Trinajstić information content (AvgIpc) is 2.58. The van der Waals surface area contributed by atoms with Gasteiger partial charge in [-0.25, -0.2) is 4.39 Å². The number of morpholine rings is 1. The highest BCUT2D eigenvalue weighted by Crippen LogP contribution is 2.32. The second-order valence-corrected chi connectivity index (χ2v) is 5.62. The predicted molar refractivity (Wildman–Crippen MR) is 83.1 cm³/mol. The molecule has 0 saturated carbocycles. The first-order chi connectivity index (χ1) is 10.7. The topological polar surface area (TPSA) is 41.5 Å². The van der Waals surface area contributed by atoms with Crippen LogP contribution in [0.15, 0.2) is 54.6 Å². The standard InChI is InChI=1S/C18H20FNO2/c19-16-9-5-4-6-14(16)12-18(21,15-7-2-1-3-8-15)17-13-20-10-11-22-17/h1-9,17,20-21H,10-13H2. The summed E-state index contributed by atoms with van der Waals surface area (Å²) >= 11 is 0. The third-order valence-corrected chi connectivity index (χ3v) is 4.15. The summed E-state index contributed by atoms with van der Waals surface area (Å²) in [5.74, 6) is -0.305. The Morgan fingerprint density at radius 3 is 2.55 bits per heavy atom. The van der Waals surface area contributed by atoms with E-state index in [4.69, 9.17) is 4.74 Å². The van der Waals surface area contributed by atoms with E-state index < -0.39 is 11.7 Å². The van der Waals surface area contributed by atoms with E-state index in [1.807, 2.05) is 30.3 Å². The lowest BCUT2D eigenvalue weighted by Gasteiger charge is -2.39. The van der Waals surface area contributed by atoms with Gasteiger partial charge in [-0.3, -0.25) is 0 Å². The Kier molecular flexibility index (Phi) is 4.52. The molecule has 2 aromatic rings. The molecule has 116 valence electrons. The van der Waals surface area contributed by atoms with Crippen molar-refractivity contribution in [3.05, 3.63) is 71.5 Å². The van der Waals surface area contributed by atoms with E-state index in [-0.39, 0.29) is 12.2 Å². The van der Waals surface area contributed by atoms with Gasteiger partial charge in [-0.05, 0) is 17.2 Å². The molecule has 22 heavy (non-hydrogen) atoms. The zero-order valence-corrected chi connectivity index (χ0v) is 12.3. The molecule has 0 spiro atoms. The highest BCUT2D eigenvalue weighted by molar-refractivity contribution is 5.29. The van der Waals surface area contributed by atoms with Crippen molar-refractivity contribution in [2.75, 3.05) is 19.7 Å². The highest BCUT2D eigenvalue weighted by atomic mass is 19.1. The van der Waals surface area contributed by atoms with Crippen LogP contribution in [0.25, 0.3) is 0 Å². The second kappa shape index (κ2) is 6.57. The molecule has 3 rings (SSSR count). The van der Waals surface area contributed by atoms with Gasteiger partial charge < -0.3 is 15.2 Å². The Morgan fingerprint density at radius 2 is 1.86 bits per heavy atom. The zero-order chi connectivity index (χ0) is 15.4. The van der Waals surface area contributed by atoms with Crippen molar-refractivity contribution in [1.29, 1.82) is 0 Å². The minimum Gasteiger partial charge on any atom is -0.382 e. The number of benzene rings is 2. The Bertz CT molecular complexity index is 613.